The molecule has 0 aliphatic carbocycles. The summed E-state index contributed by atoms with van der Waals surface area (Å²) in [5.74, 6) is -0.514. The van der Waals surface area contributed by atoms with E-state index in [1.807, 2.05) is 30.3 Å². The Morgan fingerprint density at radius 3 is 2.69 bits per heavy atom. The third kappa shape index (κ3) is 5.29. The van der Waals surface area contributed by atoms with Crippen LogP contribution in [0.25, 0.3) is 0 Å². The first-order valence-electron chi connectivity index (χ1n) is 9.02. The Morgan fingerprint density at radius 2 is 2.00 bits per heavy atom. The molecule has 1 saturated heterocycles. The summed E-state index contributed by atoms with van der Waals surface area (Å²) in [5, 5.41) is 20.0. The number of non-ortho nitro benzene ring substituents is 1. The molecule has 3 rings (SSSR count). The van der Waals surface area contributed by atoms with Crippen molar-refractivity contribution in [2.45, 2.75) is 18.9 Å². The van der Waals surface area contributed by atoms with Gasteiger partial charge in [0.1, 0.15) is 5.75 Å². The Kier molecular flexibility index (Phi) is 6.40. The molecule has 1 heterocycles. The third-order valence-electron chi connectivity index (χ3n) is 4.67. The predicted octanol–water partition coefficient (Wildman–Crippen LogP) is 3.18. The molecule has 152 valence electrons. The van der Waals surface area contributed by atoms with Crippen LogP contribution in [-0.4, -0.2) is 46.7 Å². The van der Waals surface area contributed by atoms with Crippen molar-refractivity contribution < 1.29 is 29.1 Å². The number of ether oxygens (including phenoxy) is 2. The van der Waals surface area contributed by atoms with E-state index in [-0.39, 0.29) is 23.8 Å². The molecule has 0 radical (unpaired) electrons. The molecule has 1 N–H and O–H groups in total. The Hall–Kier alpha value is -3.46. The number of carboxylic acid groups (broad SMARTS) is 1. The Bertz CT molecular complexity index is 901. The zero-order valence-electron chi connectivity index (χ0n) is 15.5. The van der Waals surface area contributed by atoms with Crippen LogP contribution in [0.4, 0.5) is 10.5 Å². The number of rotatable bonds is 8. The van der Waals surface area contributed by atoms with Crippen molar-refractivity contribution in [3.8, 4) is 5.75 Å². The van der Waals surface area contributed by atoms with Crippen LogP contribution in [0.15, 0.2) is 48.5 Å². The summed E-state index contributed by atoms with van der Waals surface area (Å²) in [5.41, 5.74) is 1.18. The van der Waals surface area contributed by atoms with Gasteiger partial charge in [-0.05, 0) is 11.6 Å². The molecule has 1 aliphatic heterocycles. The Balaban J connectivity index is 1.63. The van der Waals surface area contributed by atoms with Crippen molar-refractivity contribution in [3.05, 3.63) is 69.8 Å². The van der Waals surface area contributed by atoms with Gasteiger partial charge in [0.15, 0.2) is 0 Å². The number of hydrogen-bond donors (Lipinski definition) is 1. The summed E-state index contributed by atoms with van der Waals surface area (Å²) in [7, 11) is 0. The monoisotopic (exact) mass is 400 g/mol. The quantitative estimate of drug-likeness (QED) is 0.238. The molecule has 0 saturated carbocycles. The fourth-order valence-corrected chi connectivity index (χ4v) is 3.29. The number of nitro benzene ring substituents is 1. The summed E-state index contributed by atoms with van der Waals surface area (Å²) >= 11 is 0. The van der Waals surface area contributed by atoms with Gasteiger partial charge in [0.05, 0.1) is 18.1 Å². The first-order chi connectivity index (χ1) is 13.9. The zero-order chi connectivity index (χ0) is 20.8. The summed E-state index contributed by atoms with van der Waals surface area (Å²) in [6.07, 6.45) is -1.40. The second-order valence-electron chi connectivity index (χ2n) is 6.63. The summed E-state index contributed by atoms with van der Waals surface area (Å²) < 4.78 is 10.4. The Morgan fingerprint density at radius 1 is 1.24 bits per heavy atom. The average molecular weight is 400 g/mol. The first-order valence-corrected chi connectivity index (χ1v) is 9.02. The molecule has 1 amide bonds. The maximum atomic E-state index is 12.4. The van der Waals surface area contributed by atoms with E-state index in [4.69, 9.17) is 14.6 Å². The highest BCUT2D eigenvalue weighted by molar-refractivity contribution is 5.80. The summed E-state index contributed by atoms with van der Waals surface area (Å²) in [4.78, 5) is 35.4. The van der Waals surface area contributed by atoms with Crippen molar-refractivity contribution in [1.82, 2.24) is 4.90 Å². The van der Waals surface area contributed by atoms with Crippen molar-refractivity contribution in [2.75, 3.05) is 19.7 Å². The highest BCUT2D eigenvalue weighted by atomic mass is 16.7. The van der Waals surface area contributed by atoms with Crippen LogP contribution in [0.1, 0.15) is 23.5 Å². The highest BCUT2D eigenvalue weighted by Crippen LogP contribution is 2.36. The molecule has 0 unspecified atom stereocenters. The van der Waals surface area contributed by atoms with Gasteiger partial charge in [0, 0.05) is 43.1 Å². The third-order valence-corrected chi connectivity index (χ3v) is 4.67. The van der Waals surface area contributed by atoms with Crippen molar-refractivity contribution in [3.63, 3.8) is 0 Å². The maximum Gasteiger partial charge on any atom is 0.511 e. The topological polar surface area (TPSA) is 119 Å². The van der Waals surface area contributed by atoms with Gasteiger partial charge in [-0.3, -0.25) is 14.9 Å². The van der Waals surface area contributed by atoms with Crippen LogP contribution in [0, 0.1) is 10.1 Å². The lowest BCUT2D eigenvalue weighted by Gasteiger charge is -2.17. The summed E-state index contributed by atoms with van der Waals surface area (Å²) in [6, 6.07) is 13.3. The van der Waals surface area contributed by atoms with E-state index in [1.54, 1.807) is 4.90 Å². The lowest BCUT2D eigenvalue weighted by molar-refractivity contribution is -0.385. The number of carbonyl (C=O) groups is 2. The van der Waals surface area contributed by atoms with Crippen molar-refractivity contribution in [1.29, 1.82) is 0 Å². The minimum atomic E-state index is -1.52. The van der Waals surface area contributed by atoms with Gasteiger partial charge < -0.3 is 19.5 Å². The smallest absolute Gasteiger partial charge is 0.449 e. The molecule has 2 aromatic rings. The second-order valence-corrected chi connectivity index (χ2v) is 6.63. The van der Waals surface area contributed by atoms with E-state index < -0.39 is 17.0 Å². The Labute approximate surface area is 166 Å². The number of carbonyl (C=O) groups excluding carboxylic acids is 1. The molecule has 1 fully saturated rings. The fraction of sp³-hybridized carbons (Fsp3) is 0.300. The van der Waals surface area contributed by atoms with Crippen LogP contribution >= 0.6 is 0 Å². The number of amides is 1. The number of nitrogens with zero attached hydrogens (tertiary/aromatic N) is 2. The molecule has 9 heteroatoms. The molecule has 29 heavy (non-hydrogen) atoms. The van der Waals surface area contributed by atoms with Gasteiger partial charge in [0.25, 0.3) is 5.69 Å². The SMILES string of the molecule is O=C(O)Oc1ccc([N+](=O)[O-])cc1[C@H]1CC(=O)N(CCOCc2ccccc2)C1. The molecule has 0 bridgehead atoms. The number of benzene rings is 2. The highest BCUT2D eigenvalue weighted by Gasteiger charge is 2.33. The molecular formula is C20H20N2O7. The van der Waals surface area contributed by atoms with Crippen LogP contribution < -0.4 is 4.74 Å². The average Bonchev–Trinajstić information content (AvgIpc) is 3.06. The minimum Gasteiger partial charge on any atom is -0.449 e. The van der Waals surface area contributed by atoms with E-state index in [1.165, 1.54) is 18.2 Å². The first kappa shape index (κ1) is 20.3. The zero-order valence-corrected chi connectivity index (χ0v) is 15.5. The van der Waals surface area contributed by atoms with Gasteiger partial charge in [0.2, 0.25) is 5.91 Å². The minimum absolute atomic E-state index is 0.00285. The lowest BCUT2D eigenvalue weighted by atomic mass is 9.96. The van der Waals surface area contributed by atoms with Crippen molar-refractivity contribution in [2.24, 2.45) is 0 Å². The van der Waals surface area contributed by atoms with E-state index in [0.29, 0.717) is 31.9 Å². The van der Waals surface area contributed by atoms with E-state index in [0.717, 1.165) is 5.56 Å². The summed E-state index contributed by atoms with van der Waals surface area (Å²) in [6.45, 7) is 1.48. The standard InChI is InChI=1S/C20H20N2O7/c23-19-10-15(12-21(19)8-9-28-13-14-4-2-1-3-5-14)17-11-16(22(26)27)6-7-18(17)29-20(24)25/h1-7,11,15H,8-10,12-13H2,(H,24,25)/t15-/m0/s1. The fourth-order valence-electron chi connectivity index (χ4n) is 3.29. The lowest BCUT2D eigenvalue weighted by Crippen LogP contribution is -2.29. The molecule has 1 atom stereocenters. The van der Waals surface area contributed by atoms with Crippen LogP contribution in [-0.2, 0) is 16.1 Å². The van der Waals surface area contributed by atoms with Gasteiger partial charge in [-0.1, -0.05) is 30.3 Å². The normalized spacial score (nSPS) is 16.1. The van der Waals surface area contributed by atoms with Gasteiger partial charge in [-0.15, -0.1) is 0 Å². The number of likely N-dealkylation sites (tertiary alicyclic amines) is 1. The molecule has 0 spiro atoms. The molecule has 2 aromatic carbocycles. The maximum absolute atomic E-state index is 12.4. The number of hydrogen-bond acceptors (Lipinski definition) is 6. The van der Waals surface area contributed by atoms with Gasteiger partial charge in [-0.25, -0.2) is 4.79 Å². The second kappa shape index (κ2) is 9.16. The molecule has 1 aliphatic rings. The van der Waals surface area contributed by atoms with E-state index >= 15 is 0 Å². The van der Waals surface area contributed by atoms with E-state index in [2.05, 4.69) is 0 Å². The van der Waals surface area contributed by atoms with Gasteiger partial charge >= 0.3 is 6.16 Å². The molecular weight excluding hydrogens is 380 g/mol. The largest absolute Gasteiger partial charge is 0.511 e. The predicted molar refractivity (Wildman–Crippen MR) is 102 cm³/mol. The van der Waals surface area contributed by atoms with Crippen molar-refractivity contribution >= 4 is 17.7 Å². The van der Waals surface area contributed by atoms with Gasteiger partial charge in [-0.2, -0.15) is 0 Å². The molecule has 0 aromatic heterocycles. The van der Waals surface area contributed by atoms with Crippen LogP contribution in [0.2, 0.25) is 0 Å². The molecule has 9 nitrogen and oxygen atoms in total. The number of nitro groups is 1. The van der Waals surface area contributed by atoms with Crippen LogP contribution in [0.5, 0.6) is 5.75 Å². The van der Waals surface area contributed by atoms with E-state index in [9.17, 15) is 19.7 Å². The van der Waals surface area contributed by atoms with Crippen LogP contribution in [0.3, 0.4) is 0 Å².